The molecule has 3 heteroatoms. The molecule has 0 aliphatic rings. The zero-order chi connectivity index (χ0) is 12.0. The average molecular weight is 221 g/mol. The highest BCUT2D eigenvalue weighted by atomic mass is 16.5. The van der Waals surface area contributed by atoms with Crippen LogP contribution in [0, 0.1) is 0 Å². The summed E-state index contributed by atoms with van der Waals surface area (Å²) in [5.41, 5.74) is 7.79. The van der Waals surface area contributed by atoms with Crippen LogP contribution in [0.15, 0.2) is 24.3 Å². The summed E-state index contributed by atoms with van der Waals surface area (Å²) in [7, 11) is 0. The van der Waals surface area contributed by atoms with Crippen LogP contribution in [0.2, 0.25) is 0 Å². The highest BCUT2D eigenvalue weighted by molar-refractivity contribution is 5.78. The van der Waals surface area contributed by atoms with Gasteiger partial charge in [0.05, 0.1) is 12.5 Å². The predicted octanol–water partition coefficient (Wildman–Crippen LogP) is 1.85. The minimum atomic E-state index is -0.342. The molecule has 2 N–H and O–H groups in total. The molecule has 0 saturated heterocycles. The fourth-order valence-corrected chi connectivity index (χ4v) is 1.60. The van der Waals surface area contributed by atoms with Gasteiger partial charge >= 0.3 is 5.97 Å². The van der Waals surface area contributed by atoms with Crippen molar-refractivity contribution in [3.05, 3.63) is 35.4 Å². The Morgan fingerprint density at radius 2 is 1.94 bits per heavy atom. The van der Waals surface area contributed by atoms with Crippen LogP contribution in [-0.4, -0.2) is 19.1 Å². The van der Waals surface area contributed by atoms with Crippen molar-refractivity contribution in [2.24, 2.45) is 5.73 Å². The van der Waals surface area contributed by atoms with Gasteiger partial charge < -0.3 is 10.5 Å². The van der Waals surface area contributed by atoms with E-state index in [0.29, 0.717) is 6.61 Å². The van der Waals surface area contributed by atoms with Crippen molar-refractivity contribution in [2.75, 3.05) is 13.2 Å². The van der Waals surface area contributed by atoms with Crippen molar-refractivity contribution < 1.29 is 9.53 Å². The molecular weight excluding hydrogens is 202 g/mol. The Kier molecular flexibility index (Phi) is 4.99. The highest BCUT2D eigenvalue weighted by Gasteiger charge is 2.19. The minimum Gasteiger partial charge on any atom is -0.465 e. The van der Waals surface area contributed by atoms with Crippen LogP contribution < -0.4 is 5.73 Å². The third kappa shape index (κ3) is 3.07. The maximum Gasteiger partial charge on any atom is 0.314 e. The summed E-state index contributed by atoms with van der Waals surface area (Å²) in [6, 6.07) is 7.95. The standard InChI is InChI=1S/C13H19NO2/c1-3-10-5-7-11(8-6-10)12(9-14)13(15)16-4-2/h5-8,12H,3-4,9,14H2,1-2H3. The molecule has 0 bridgehead atoms. The predicted molar refractivity (Wildman–Crippen MR) is 64.2 cm³/mol. The van der Waals surface area contributed by atoms with Crippen molar-refractivity contribution in [3.8, 4) is 0 Å². The number of hydrogen-bond donors (Lipinski definition) is 1. The summed E-state index contributed by atoms with van der Waals surface area (Å²) in [6.45, 7) is 4.57. The molecule has 1 aromatic carbocycles. The number of benzene rings is 1. The van der Waals surface area contributed by atoms with Gasteiger partial charge in [-0.2, -0.15) is 0 Å². The Balaban J connectivity index is 2.82. The summed E-state index contributed by atoms with van der Waals surface area (Å²) >= 11 is 0. The Labute approximate surface area is 96.6 Å². The number of hydrogen-bond acceptors (Lipinski definition) is 3. The zero-order valence-corrected chi connectivity index (χ0v) is 9.90. The van der Waals surface area contributed by atoms with Gasteiger partial charge in [0, 0.05) is 6.54 Å². The van der Waals surface area contributed by atoms with Crippen molar-refractivity contribution in [2.45, 2.75) is 26.2 Å². The molecule has 16 heavy (non-hydrogen) atoms. The van der Waals surface area contributed by atoms with Gasteiger partial charge in [0.25, 0.3) is 0 Å². The van der Waals surface area contributed by atoms with E-state index >= 15 is 0 Å². The van der Waals surface area contributed by atoms with E-state index in [2.05, 4.69) is 6.92 Å². The Bertz CT molecular complexity index is 332. The minimum absolute atomic E-state index is 0.241. The van der Waals surface area contributed by atoms with Gasteiger partial charge in [-0.25, -0.2) is 0 Å². The number of nitrogens with two attached hydrogens (primary N) is 1. The monoisotopic (exact) mass is 221 g/mol. The van der Waals surface area contributed by atoms with E-state index in [1.165, 1.54) is 5.56 Å². The van der Waals surface area contributed by atoms with Gasteiger partial charge in [-0.05, 0) is 24.5 Å². The van der Waals surface area contributed by atoms with Crippen LogP contribution in [0.1, 0.15) is 30.9 Å². The molecule has 0 fully saturated rings. The van der Waals surface area contributed by atoms with Gasteiger partial charge in [-0.3, -0.25) is 4.79 Å². The second-order valence-corrected chi connectivity index (χ2v) is 3.64. The van der Waals surface area contributed by atoms with Gasteiger partial charge in [0.2, 0.25) is 0 Å². The first-order chi connectivity index (χ1) is 7.72. The SMILES string of the molecule is CCOC(=O)C(CN)c1ccc(CC)cc1. The summed E-state index contributed by atoms with van der Waals surface area (Å²) in [5.74, 6) is -0.583. The van der Waals surface area contributed by atoms with Crippen LogP contribution in [0.4, 0.5) is 0 Å². The molecule has 0 radical (unpaired) electrons. The molecule has 0 heterocycles. The largest absolute Gasteiger partial charge is 0.465 e. The maximum atomic E-state index is 11.6. The normalized spacial score (nSPS) is 12.2. The molecule has 3 nitrogen and oxygen atoms in total. The first-order valence-electron chi connectivity index (χ1n) is 5.68. The van der Waals surface area contributed by atoms with E-state index in [0.717, 1.165) is 12.0 Å². The van der Waals surface area contributed by atoms with Crippen molar-refractivity contribution in [3.63, 3.8) is 0 Å². The van der Waals surface area contributed by atoms with Crippen LogP contribution in [0.25, 0.3) is 0 Å². The summed E-state index contributed by atoms with van der Waals surface area (Å²) in [5, 5.41) is 0. The van der Waals surface area contributed by atoms with E-state index in [4.69, 9.17) is 10.5 Å². The molecule has 1 atom stereocenters. The van der Waals surface area contributed by atoms with Crippen molar-refractivity contribution in [1.29, 1.82) is 0 Å². The molecule has 1 aromatic rings. The Morgan fingerprint density at radius 3 is 2.38 bits per heavy atom. The lowest BCUT2D eigenvalue weighted by molar-refractivity contribution is -0.144. The smallest absolute Gasteiger partial charge is 0.314 e. The lowest BCUT2D eigenvalue weighted by atomic mass is 9.98. The first kappa shape index (κ1) is 12.7. The molecule has 1 unspecified atom stereocenters. The number of carbonyl (C=O) groups excluding carboxylic acids is 1. The van der Waals surface area contributed by atoms with E-state index in [1.807, 2.05) is 24.3 Å². The molecule has 0 saturated carbocycles. The van der Waals surface area contributed by atoms with Crippen LogP contribution >= 0.6 is 0 Å². The van der Waals surface area contributed by atoms with E-state index in [-0.39, 0.29) is 18.4 Å². The average Bonchev–Trinajstić information content (AvgIpc) is 2.31. The van der Waals surface area contributed by atoms with Crippen molar-refractivity contribution in [1.82, 2.24) is 0 Å². The third-order valence-electron chi connectivity index (χ3n) is 2.60. The molecule has 0 amide bonds. The summed E-state index contributed by atoms with van der Waals surface area (Å²) < 4.78 is 4.99. The second-order valence-electron chi connectivity index (χ2n) is 3.64. The highest BCUT2D eigenvalue weighted by Crippen LogP contribution is 2.17. The topological polar surface area (TPSA) is 52.3 Å². The molecule has 0 aromatic heterocycles. The number of ether oxygens (including phenoxy) is 1. The first-order valence-corrected chi connectivity index (χ1v) is 5.68. The maximum absolute atomic E-state index is 11.6. The van der Waals surface area contributed by atoms with E-state index < -0.39 is 0 Å². The van der Waals surface area contributed by atoms with Crippen LogP contribution in [0.5, 0.6) is 0 Å². The number of esters is 1. The van der Waals surface area contributed by atoms with Gasteiger partial charge in [-0.15, -0.1) is 0 Å². The molecule has 0 spiro atoms. The van der Waals surface area contributed by atoms with Gasteiger partial charge in [0.15, 0.2) is 0 Å². The number of carbonyl (C=O) groups is 1. The van der Waals surface area contributed by atoms with Crippen molar-refractivity contribution >= 4 is 5.97 Å². The van der Waals surface area contributed by atoms with Crippen LogP contribution in [0.3, 0.4) is 0 Å². The summed E-state index contributed by atoms with van der Waals surface area (Å²) in [6.07, 6.45) is 0.993. The van der Waals surface area contributed by atoms with Crippen LogP contribution in [-0.2, 0) is 16.0 Å². The van der Waals surface area contributed by atoms with E-state index in [1.54, 1.807) is 6.92 Å². The third-order valence-corrected chi connectivity index (χ3v) is 2.60. The summed E-state index contributed by atoms with van der Waals surface area (Å²) in [4.78, 5) is 11.6. The van der Waals surface area contributed by atoms with Gasteiger partial charge in [0.1, 0.15) is 0 Å². The molecule has 0 aliphatic heterocycles. The quantitative estimate of drug-likeness (QED) is 0.772. The zero-order valence-electron chi connectivity index (χ0n) is 9.90. The Hall–Kier alpha value is -1.35. The molecular formula is C13H19NO2. The second kappa shape index (κ2) is 6.28. The molecule has 1 rings (SSSR count). The fraction of sp³-hybridized carbons (Fsp3) is 0.462. The molecule has 88 valence electrons. The molecule has 0 aliphatic carbocycles. The number of rotatable bonds is 5. The Morgan fingerprint density at radius 1 is 1.31 bits per heavy atom. The fourth-order valence-electron chi connectivity index (χ4n) is 1.60. The lowest BCUT2D eigenvalue weighted by Gasteiger charge is -2.14. The van der Waals surface area contributed by atoms with Gasteiger partial charge in [-0.1, -0.05) is 31.2 Å². The van der Waals surface area contributed by atoms with E-state index in [9.17, 15) is 4.79 Å². The lowest BCUT2D eigenvalue weighted by Crippen LogP contribution is -2.23. The number of aryl methyl sites for hydroxylation is 1.